The molecule has 0 bridgehead atoms. The smallest absolute Gasteiger partial charge is 0.381 e. The third-order valence-corrected chi connectivity index (χ3v) is 4.75. The van der Waals surface area contributed by atoms with Crippen molar-refractivity contribution in [1.82, 2.24) is 9.88 Å². The number of pyridine rings is 1. The summed E-state index contributed by atoms with van der Waals surface area (Å²) in [7, 11) is 0. The Morgan fingerprint density at radius 1 is 1.21 bits per heavy atom. The van der Waals surface area contributed by atoms with E-state index in [1.165, 1.54) is 12.1 Å². The molecule has 1 aliphatic heterocycles. The van der Waals surface area contributed by atoms with Crippen LogP contribution in [0.2, 0.25) is 5.15 Å². The molecule has 156 valence electrons. The Morgan fingerprint density at radius 3 is 2.52 bits per heavy atom. The highest BCUT2D eigenvalue weighted by Gasteiger charge is 2.38. The minimum absolute atomic E-state index is 0.176. The van der Waals surface area contributed by atoms with Gasteiger partial charge in [-0.25, -0.2) is 4.98 Å². The van der Waals surface area contributed by atoms with Gasteiger partial charge in [-0.15, -0.1) is 0 Å². The Morgan fingerprint density at radius 2 is 1.90 bits per heavy atom. The molecule has 2 heterocycles. The van der Waals surface area contributed by atoms with Crippen molar-refractivity contribution in [2.75, 3.05) is 11.9 Å². The fraction of sp³-hybridized carbons (Fsp3) is 0.333. The molecule has 0 radical (unpaired) electrons. The van der Waals surface area contributed by atoms with Crippen molar-refractivity contribution in [3.63, 3.8) is 0 Å². The highest BCUT2D eigenvalue weighted by Crippen LogP contribution is 2.35. The molecule has 1 N–H and O–H groups in total. The first-order valence-corrected chi connectivity index (χ1v) is 8.68. The number of benzene rings is 1. The van der Waals surface area contributed by atoms with Gasteiger partial charge in [0.1, 0.15) is 11.7 Å². The number of anilines is 1. The molecule has 1 aliphatic rings. The van der Waals surface area contributed by atoms with Crippen LogP contribution in [0.1, 0.15) is 32.6 Å². The van der Waals surface area contributed by atoms with Crippen molar-refractivity contribution < 1.29 is 31.1 Å². The van der Waals surface area contributed by atoms with E-state index in [4.69, 9.17) is 11.6 Å². The fourth-order valence-corrected chi connectivity index (χ4v) is 3.49. The van der Waals surface area contributed by atoms with Gasteiger partial charge in [-0.2, -0.15) is 26.3 Å². The van der Waals surface area contributed by atoms with E-state index >= 15 is 0 Å². The van der Waals surface area contributed by atoms with Gasteiger partial charge in [0.15, 0.2) is 0 Å². The summed E-state index contributed by atoms with van der Waals surface area (Å²) in [5.41, 5.74) is 0.137. The van der Waals surface area contributed by atoms with E-state index in [0.717, 1.165) is 12.3 Å². The molecule has 4 nitrogen and oxygen atoms in total. The molecule has 29 heavy (non-hydrogen) atoms. The zero-order valence-electron chi connectivity index (χ0n) is 14.9. The molecule has 3 rings (SSSR count). The lowest BCUT2D eigenvalue weighted by Crippen LogP contribution is -2.34. The number of alkyl halides is 6. The number of carbonyl (C=O) groups excluding carboxylic acids is 1. The SMILES string of the molecule is Cc1cc(NCc2c(C(F)(F)F)ccnc2Cl)cc2c1C(=O)N(CC(F)(F)F)C2. The predicted octanol–water partition coefficient (Wildman–Crippen LogP) is 5.19. The summed E-state index contributed by atoms with van der Waals surface area (Å²) >= 11 is 5.82. The van der Waals surface area contributed by atoms with E-state index in [9.17, 15) is 31.1 Å². The number of aromatic nitrogens is 1. The fourth-order valence-electron chi connectivity index (χ4n) is 3.26. The summed E-state index contributed by atoms with van der Waals surface area (Å²) in [6.45, 7) is -0.356. The molecule has 1 aromatic heterocycles. The van der Waals surface area contributed by atoms with Crippen LogP contribution in [0.3, 0.4) is 0 Å². The molecule has 1 amide bonds. The van der Waals surface area contributed by atoms with Gasteiger partial charge in [0, 0.05) is 36.1 Å². The molecule has 1 aromatic carbocycles. The number of amides is 1. The van der Waals surface area contributed by atoms with Gasteiger partial charge < -0.3 is 10.2 Å². The number of rotatable bonds is 4. The number of hydrogen-bond acceptors (Lipinski definition) is 3. The standard InChI is InChI=1S/C18H14ClF6N3O/c1-9-4-11(5-10-7-28(8-17(20,21)22)16(29)14(9)10)27-6-12-13(18(23,24)25)2-3-26-15(12)19/h2-5,27H,6-8H2,1H3. The monoisotopic (exact) mass is 437 g/mol. The zero-order valence-corrected chi connectivity index (χ0v) is 15.6. The van der Waals surface area contributed by atoms with Crippen LogP contribution in [0, 0.1) is 6.92 Å². The van der Waals surface area contributed by atoms with Gasteiger partial charge in [-0.3, -0.25) is 4.79 Å². The van der Waals surface area contributed by atoms with Crippen molar-refractivity contribution in [3.05, 3.63) is 57.4 Å². The Balaban J connectivity index is 1.84. The number of aryl methyl sites for hydroxylation is 1. The number of carbonyl (C=O) groups is 1. The summed E-state index contributed by atoms with van der Waals surface area (Å²) < 4.78 is 77.5. The molecule has 0 saturated carbocycles. The molecule has 0 unspecified atom stereocenters. The topological polar surface area (TPSA) is 45.2 Å². The summed E-state index contributed by atoms with van der Waals surface area (Å²) in [4.78, 5) is 16.6. The van der Waals surface area contributed by atoms with Crippen molar-refractivity contribution in [1.29, 1.82) is 0 Å². The maximum atomic E-state index is 13.2. The number of halogens is 7. The van der Waals surface area contributed by atoms with Crippen LogP contribution in [0.15, 0.2) is 24.4 Å². The molecule has 0 saturated heterocycles. The van der Waals surface area contributed by atoms with Crippen LogP contribution in [0.25, 0.3) is 0 Å². The van der Waals surface area contributed by atoms with E-state index in [1.54, 1.807) is 6.92 Å². The summed E-state index contributed by atoms with van der Waals surface area (Å²) in [6.07, 6.45) is -8.20. The summed E-state index contributed by atoms with van der Waals surface area (Å²) in [6, 6.07) is 3.75. The minimum atomic E-state index is -4.62. The number of fused-ring (bicyclic) bond motifs is 1. The second kappa shape index (κ2) is 7.40. The summed E-state index contributed by atoms with van der Waals surface area (Å²) in [5, 5.41) is 2.48. The predicted molar refractivity (Wildman–Crippen MR) is 93.6 cm³/mol. The number of nitrogens with one attached hydrogen (secondary N) is 1. The Hall–Kier alpha value is -2.49. The van der Waals surface area contributed by atoms with E-state index in [2.05, 4.69) is 10.3 Å². The first kappa shape index (κ1) is 21.2. The molecule has 0 atom stereocenters. The molecule has 0 fully saturated rings. The Labute approximate surface area is 166 Å². The molecule has 0 spiro atoms. The largest absolute Gasteiger partial charge is 0.416 e. The van der Waals surface area contributed by atoms with Gasteiger partial charge in [0.2, 0.25) is 0 Å². The number of nitrogens with zero attached hydrogens (tertiary/aromatic N) is 2. The lowest BCUT2D eigenvalue weighted by Gasteiger charge is -2.17. The highest BCUT2D eigenvalue weighted by molar-refractivity contribution is 6.30. The van der Waals surface area contributed by atoms with Gasteiger partial charge >= 0.3 is 12.4 Å². The molecule has 11 heteroatoms. The second-order valence-corrected chi connectivity index (χ2v) is 6.94. The van der Waals surface area contributed by atoms with Crippen LogP contribution in [-0.2, 0) is 19.3 Å². The van der Waals surface area contributed by atoms with Crippen LogP contribution in [0.5, 0.6) is 0 Å². The van der Waals surface area contributed by atoms with Gasteiger partial charge in [0.05, 0.1) is 5.56 Å². The molecule has 2 aromatic rings. The maximum Gasteiger partial charge on any atom is 0.416 e. The van der Waals surface area contributed by atoms with Gasteiger partial charge in [0.25, 0.3) is 5.91 Å². The molecule has 0 aliphatic carbocycles. The van der Waals surface area contributed by atoms with Crippen molar-refractivity contribution >= 4 is 23.2 Å². The van der Waals surface area contributed by atoms with Crippen LogP contribution < -0.4 is 5.32 Å². The minimum Gasteiger partial charge on any atom is -0.381 e. The van der Waals surface area contributed by atoms with Crippen molar-refractivity contribution in [2.45, 2.75) is 32.4 Å². The van der Waals surface area contributed by atoms with Crippen molar-refractivity contribution in [3.8, 4) is 0 Å². The number of hydrogen-bond donors (Lipinski definition) is 1. The lowest BCUT2D eigenvalue weighted by molar-refractivity contribution is -0.141. The third-order valence-electron chi connectivity index (χ3n) is 4.43. The van der Waals surface area contributed by atoms with E-state index in [-0.39, 0.29) is 29.4 Å². The van der Waals surface area contributed by atoms with Gasteiger partial charge in [-0.05, 0) is 36.2 Å². The third kappa shape index (κ3) is 4.58. The first-order chi connectivity index (χ1) is 13.4. The average Bonchev–Trinajstić information content (AvgIpc) is 2.87. The average molecular weight is 438 g/mol. The summed E-state index contributed by atoms with van der Waals surface area (Å²) in [5.74, 6) is -0.726. The van der Waals surface area contributed by atoms with Crippen molar-refractivity contribution in [2.24, 2.45) is 0 Å². The maximum absolute atomic E-state index is 13.2. The van der Waals surface area contributed by atoms with E-state index in [1.807, 2.05) is 0 Å². The Bertz CT molecular complexity index is 958. The first-order valence-electron chi connectivity index (χ1n) is 8.31. The normalized spacial score (nSPS) is 14.3. The molecular weight excluding hydrogens is 424 g/mol. The van der Waals surface area contributed by atoms with Crippen LogP contribution >= 0.6 is 11.6 Å². The Kier molecular flexibility index (Phi) is 5.42. The van der Waals surface area contributed by atoms with E-state index in [0.29, 0.717) is 21.7 Å². The van der Waals surface area contributed by atoms with Gasteiger partial charge in [-0.1, -0.05) is 11.6 Å². The second-order valence-electron chi connectivity index (χ2n) is 6.58. The molecular formula is C18H14ClF6N3O. The van der Waals surface area contributed by atoms with Crippen LogP contribution in [-0.4, -0.2) is 28.5 Å². The highest BCUT2D eigenvalue weighted by atomic mass is 35.5. The van der Waals surface area contributed by atoms with E-state index < -0.39 is 30.4 Å². The lowest BCUT2D eigenvalue weighted by atomic mass is 10.0. The zero-order chi connectivity index (χ0) is 21.6. The van der Waals surface area contributed by atoms with Crippen LogP contribution in [0.4, 0.5) is 32.0 Å². The quantitative estimate of drug-likeness (QED) is 0.529.